The van der Waals surface area contributed by atoms with Crippen molar-refractivity contribution in [3.05, 3.63) is 57.8 Å². The number of pyridine rings is 1. The first-order valence-corrected chi connectivity index (χ1v) is 7.23. The van der Waals surface area contributed by atoms with Crippen LogP contribution >= 0.6 is 0 Å². The first-order chi connectivity index (χ1) is 9.83. The Morgan fingerprint density at radius 1 is 1.33 bits per heavy atom. The number of nitrogens with zero attached hydrogens (tertiary/aromatic N) is 1. The van der Waals surface area contributed by atoms with Crippen molar-refractivity contribution in [1.82, 2.24) is 4.98 Å². The highest BCUT2D eigenvalue weighted by Gasteiger charge is 2.17. The summed E-state index contributed by atoms with van der Waals surface area (Å²) in [6.07, 6.45) is 1.03. The summed E-state index contributed by atoms with van der Waals surface area (Å²) in [7, 11) is -3.99. The molecule has 0 bridgehead atoms. The van der Waals surface area contributed by atoms with Gasteiger partial charge in [-0.05, 0) is 25.1 Å². The number of rotatable bonds is 3. The van der Waals surface area contributed by atoms with E-state index in [1.165, 1.54) is 13.0 Å². The predicted molar refractivity (Wildman–Crippen MR) is 73.7 cm³/mol. The van der Waals surface area contributed by atoms with Crippen molar-refractivity contribution in [2.24, 2.45) is 0 Å². The molecule has 1 aromatic carbocycles. The molecule has 0 radical (unpaired) electrons. The molecule has 1 heterocycles. The molecule has 0 amide bonds. The molecular weight excluding hydrogens is 297 g/mol. The smallest absolute Gasteiger partial charge is 0.263 e. The van der Waals surface area contributed by atoms with Crippen LogP contribution in [-0.2, 0) is 10.0 Å². The van der Waals surface area contributed by atoms with Gasteiger partial charge >= 0.3 is 0 Å². The van der Waals surface area contributed by atoms with Gasteiger partial charge in [0.05, 0.1) is 17.3 Å². The SMILES string of the molecule is Cc1c(F)cc(C#N)cc1NS(=O)(=O)c1ccc(=O)[nH]c1. The molecule has 0 atom stereocenters. The van der Waals surface area contributed by atoms with Crippen LogP contribution in [0, 0.1) is 24.1 Å². The number of nitrogens with one attached hydrogen (secondary N) is 2. The zero-order valence-electron chi connectivity index (χ0n) is 10.8. The number of aromatic amines is 1. The van der Waals surface area contributed by atoms with Crippen molar-refractivity contribution in [3.8, 4) is 6.07 Å². The zero-order valence-corrected chi connectivity index (χ0v) is 11.7. The van der Waals surface area contributed by atoms with E-state index in [9.17, 15) is 17.6 Å². The van der Waals surface area contributed by atoms with Crippen molar-refractivity contribution in [1.29, 1.82) is 5.26 Å². The Hall–Kier alpha value is -2.66. The maximum atomic E-state index is 13.6. The van der Waals surface area contributed by atoms with Gasteiger partial charge < -0.3 is 4.98 Å². The van der Waals surface area contributed by atoms with Gasteiger partial charge in [0.2, 0.25) is 5.56 Å². The number of hydrogen-bond donors (Lipinski definition) is 2. The van der Waals surface area contributed by atoms with Gasteiger partial charge in [0.15, 0.2) is 0 Å². The highest BCUT2D eigenvalue weighted by Crippen LogP contribution is 2.23. The second-order valence-corrected chi connectivity index (χ2v) is 5.92. The van der Waals surface area contributed by atoms with Gasteiger partial charge in [0.1, 0.15) is 10.7 Å². The summed E-state index contributed by atoms with van der Waals surface area (Å²) in [5.74, 6) is -0.687. The van der Waals surface area contributed by atoms with Gasteiger partial charge in [0.25, 0.3) is 10.0 Å². The number of aromatic nitrogens is 1. The zero-order chi connectivity index (χ0) is 15.6. The third-order valence-electron chi connectivity index (χ3n) is 2.78. The van der Waals surface area contributed by atoms with Crippen LogP contribution < -0.4 is 10.3 Å². The highest BCUT2D eigenvalue weighted by atomic mass is 32.2. The van der Waals surface area contributed by atoms with Crippen LogP contribution in [0.3, 0.4) is 0 Å². The molecular formula is C13H10FN3O3S. The minimum atomic E-state index is -3.99. The van der Waals surface area contributed by atoms with E-state index >= 15 is 0 Å². The summed E-state index contributed by atoms with van der Waals surface area (Å²) in [6.45, 7) is 1.39. The Labute approximate surface area is 119 Å². The summed E-state index contributed by atoms with van der Waals surface area (Å²) in [5, 5.41) is 8.79. The van der Waals surface area contributed by atoms with Crippen molar-refractivity contribution in [2.45, 2.75) is 11.8 Å². The number of halogens is 1. The van der Waals surface area contributed by atoms with E-state index in [1.807, 2.05) is 0 Å². The van der Waals surface area contributed by atoms with Crippen molar-refractivity contribution in [3.63, 3.8) is 0 Å². The van der Waals surface area contributed by atoms with Crippen LogP contribution in [0.5, 0.6) is 0 Å². The number of anilines is 1. The van der Waals surface area contributed by atoms with Crippen LogP contribution in [0.1, 0.15) is 11.1 Å². The fourth-order valence-electron chi connectivity index (χ4n) is 1.62. The lowest BCUT2D eigenvalue weighted by Gasteiger charge is -2.11. The average molecular weight is 307 g/mol. The van der Waals surface area contributed by atoms with Crippen molar-refractivity contribution in [2.75, 3.05) is 4.72 Å². The van der Waals surface area contributed by atoms with Gasteiger partial charge in [-0.1, -0.05) is 0 Å². The van der Waals surface area contributed by atoms with Gasteiger partial charge in [0, 0.05) is 17.8 Å². The summed E-state index contributed by atoms with van der Waals surface area (Å²) in [5.41, 5.74) is -0.403. The summed E-state index contributed by atoms with van der Waals surface area (Å²) < 4.78 is 40.1. The topological polar surface area (TPSA) is 103 Å². The highest BCUT2D eigenvalue weighted by molar-refractivity contribution is 7.92. The van der Waals surface area contributed by atoms with Crippen molar-refractivity contribution >= 4 is 15.7 Å². The second kappa shape index (κ2) is 5.38. The number of H-pyrrole nitrogens is 1. The quantitative estimate of drug-likeness (QED) is 0.896. The van der Waals surface area contributed by atoms with Crippen LogP contribution in [0.25, 0.3) is 0 Å². The molecule has 6 nitrogen and oxygen atoms in total. The molecule has 2 N–H and O–H groups in total. The molecule has 0 saturated carbocycles. The van der Waals surface area contributed by atoms with E-state index < -0.39 is 21.4 Å². The van der Waals surface area contributed by atoms with Crippen LogP contribution in [0.15, 0.2) is 40.2 Å². The molecule has 8 heteroatoms. The van der Waals surface area contributed by atoms with Crippen LogP contribution in [-0.4, -0.2) is 13.4 Å². The van der Waals surface area contributed by atoms with E-state index in [4.69, 9.17) is 5.26 Å². The maximum Gasteiger partial charge on any atom is 0.263 e. The molecule has 0 saturated heterocycles. The fourth-order valence-corrected chi connectivity index (χ4v) is 2.70. The van der Waals surface area contributed by atoms with Crippen LogP contribution in [0.4, 0.5) is 10.1 Å². The summed E-state index contributed by atoms with van der Waals surface area (Å²) in [4.78, 5) is 13.0. The molecule has 108 valence electrons. The fraction of sp³-hybridized carbons (Fsp3) is 0.0769. The molecule has 2 aromatic rings. The Balaban J connectivity index is 2.46. The third kappa shape index (κ3) is 3.09. The van der Waals surface area contributed by atoms with E-state index in [2.05, 4.69) is 9.71 Å². The number of benzene rings is 1. The average Bonchev–Trinajstić information content (AvgIpc) is 2.43. The van der Waals surface area contributed by atoms with E-state index in [1.54, 1.807) is 6.07 Å². The number of hydrogen-bond acceptors (Lipinski definition) is 4. The maximum absolute atomic E-state index is 13.6. The van der Waals surface area contributed by atoms with Crippen LogP contribution in [0.2, 0.25) is 0 Å². The molecule has 2 rings (SSSR count). The van der Waals surface area contributed by atoms with E-state index in [-0.39, 0.29) is 21.7 Å². The number of sulfonamides is 1. The van der Waals surface area contributed by atoms with Gasteiger partial charge in [-0.25, -0.2) is 12.8 Å². The summed E-state index contributed by atoms with van der Waals surface area (Å²) >= 11 is 0. The largest absolute Gasteiger partial charge is 0.328 e. The number of nitriles is 1. The minimum Gasteiger partial charge on any atom is -0.328 e. The lowest BCUT2D eigenvalue weighted by molar-refractivity contribution is 0.600. The molecule has 0 aliphatic rings. The van der Waals surface area contributed by atoms with Gasteiger partial charge in [-0.15, -0.1) is 0 Å². The van der Waals surface area contributed by atoms with E-state index in [0.29, 0.717) is 0 Å². The molecule has 0 aliphatic heterocycles. The normalized spacial score (nSPS) is 10.9. The molecule has 1 aromatic heterocycles. The predicted octanol–water partition coefficient (Wildman–Crippen LogP) is 1.49. The van der Waals surface area contributed by atoms with Gasteiger partial charge in [-0.3, -0.25) is 9.52 Å². The monoisotopic (exact) mass is 307 g/mol. The standard InChI is InChI=1S/C13H10FN3O3S/c1-8-11(14)4-9(6-15)5-12(8)17-21(19,20)10-2-3-13(18)16-7-10/h2-5,7,17H,1H3,(H,16,18). The lowest BCUT2D eigenvalue weighted by atomic mass is 10.1. The Bertz CT molecular complexity index is 877. The Morgan fingerprint density at radius 3 is 2.62 bits per heavy atom. The molecule has 0 fully saturated rings. The molecule has 0 aliphatic carbocycles. The van der Waals surface area contributed by atoms with Crippen molar-refractivity contribution < 1.29 is 12.8 Å². The second-order valence-electron chi connectivity index (χ2n) is 4.24. The minimum absolute atomic E-state index is 0.00253. The first kappa shape index (κ1) is 14.7. The Morgan fingerprint density at radius 2 is 2.05 bits per heavy atom. The first-order valence-electron chi connectivity index (χ1n) is 5.75. The summed E-state index contributed by atoms with van der Waals surface area (Å²) in [6, 6.07) is 6.19. The van der Waals surface area contributed by atoms with E-state index in [0.717, 1.165) is 24.4 Å². The molecule has 0 spiro atoms. The Kier molecular flexibility index (Phi) is 3.78. The third-order valence-corrected chi connectivity index (χ3v) is 4.15. The molecule has 0 unspecified atom stereocenters. The molecule has 21 heavy (non-hydrogen) atoms. The van der Waals surface area contributed by atoms with Gasteiger partial charge in [-0.2, -0.15) is 5.26 Å². The lowest BCUT2D eigenvalue weighted by Crippen LogP contribution is -2.16.